The van der Waals surface area contributed by atoms with E-state index in [1.165, 1.54) is 0 Å². The molecule has 0 heterocycles. The van der Waals surface area contributed by atoms with Gasteiger partial charge in [-0.05, 0) is 0 Å². The molecule has 5 heteroatoms. The topological polar surface area (TPSA) is 51.2 Å². The summed E-state index contributed by atoms with van der Waals surface area (Å²) in [5, 5.41) is 0. The van der Waals surface area contributed by atoms with Gasteiger partial charge >= 0.3 is 40.0 Å². The summed E-state index contributed by atoms with van der Waals surface area (Å²) in [5.41, 5.74) is 0. The van der Waals surface area contributed by atoms with Crippen molar-refractivity contribution in [3.63, 3.8) is 0 Å². The van der Waals surface area contributed by atoms with Crippen molar-refractivity contribution in [2.45, 2.75) is 0 Å². The van der Waals surface area contributed by atoms with Crippen LogP contribution < -0.4 is 0 Å². The number of hydrogen-bond donors (Lipinski definition) is 0. The summed E-state index contributed by atoms with van der Waals surface area (Å²) < 4.78 is 25.0. The van der Waals surface area contributed by atoms with Gasteiger partial charge in [0.2, 0.25) is 0 Å². The van der Waals surface area contributed by atoms with E-state index in [4.69, 9.17) is 11.1 Å². The predicted octanol–water partition coefficient (Wildman–Crippen LogP) is -1.17. The molecule has 28 valence electrons. The van der Waals surface area contributed by atoms with E-state index in [2.05, 4.69) is 0 Å². The van der Waals surface area contributed by atoms with Crippen LogP contribution in [0, 0.1) is 0 Å². The maximum atomic E-state index is 8.39. The van der Waals surface area contributed by atoms with Crippen molar-refractivity contribution in [2.24, 2.45) is 0 Å². The average Bonchev–Trinajstić information content (AvgIpc) is 1.46. The van der Waals surface area contributed by atoms with Crippen LogP contribution in [-0.2, 0) is 14.3 Å². The van der Waals surface area contributed by atoms with Crippen LogP contribution in [0.2, 0.25) is 0 Å². The summed E-state index contributed by atoms with van der Waals surface area (Å²) in [6, 6.07) is 0. The summed E-state index contributed by atoms with van der Waals surface area (Å²) >= 11 is -0.694. The molecular weight excluding hydrogens is 287 g/mol. The Labute approximate surface area is 48.5 Å². The van der Waals surface area contributed by atoms with E-state index in [1.54, 1.807) is 0 Å². The van der Waals surface area contributed by atoms with Crippen molar-refractivity contribution in [3.8, 4) is 0 Å². The van der Waals surface area contributed by atoms with Crippen molar-refractivity contribution >= 4 is 37.4 Å². The predicted molar refractivity (Wildman–Crippen MR) is 15.4 cm³/mol. The summed E-state index contributed by atoms with van der Waals surface area (Å²) in [4.78, 5) is 0. The van der Waals surface area contributed by atoms with Crippen molar-refractivity contribution in [3.05, 3.63) is 0 Å². The molecule has 0 atom stereocenters. The van der Waals surface area contributed by atoms with E-state index < -0.39 is 11.6 Å². The molecule has 2 radical (unpaired) electrons. The fraction of sp³-hybridized carbons (Fsp3) is 0. The molecule has 0 aliphatic carbocycles. The Bertz CT molecular complexity index is 36.2. The van der Waals surface area contributed by atoms with Gasteiger partial charge in [0.05, 0.1) is 0 Å². The van der Waals surface area contributed by atoms with Crippen LogP contribution in [0.4, 0.5) is 0 Å². The first-order chi connectivity index (χ1) is 2.41. The van der Waals surface area contributed by atoms with Gasteiger partial charge < -0.3 is 0 Å². The minimum absolute atomic E-state index is 0.0556. The number of rotatable bonds is 0. The summed E-state index contributed by atoms with van der Waals surface area (Å²) in [5.74, 6) is 0. The Kier molecular flexibility index (Phi) is 43.7. The average molecular weight is 287 g/mol. The van der Waals surface area contributed by atoms with Crippen LogP contribution in [0.5, 0.6) is 0 Å². The van der Waals surface area contributed by atoms with Crippen LogP contribution in [0.1, 0.15) is 0 Å². The monoisotopic (exact) mass is 288 g/mol. The van der Waals surface area contributed by atoms with E-state index in [-0.39, 0.29) is 25.8 Å². The zero-order chi connectivity index (χ0) is 4.71. The fourth-order valence-corrected chi connectivity index (χ4v) is 0. The molecule has 3 nitrogen and oxygen atoms in total. The second-order valence-electron chi connectivity index (χ2n) is 0.0680. The molecule has 0 aromatic heterocycles. The maximum absolute atomic E-state index is 8.39. The normalized spacial score (nSPS) is 3.20. The third-order valence-electron chi connectivity index (χ3n) is 0. The van der Waals surface area contributed by atoms with Crippen molar-refractivity contribution in [2.75, 3.05) is 0 Å². The van der Waals surface area contributed by atoms with E-state index in [0.717, 1.165) is 0 Å². The van der Waals surface area contributed by atoms with Crippen LogP contribution in [0.15, 0.2) is 0 Å². The standard InChI is InChI=1S/O2S.O.Pb/c1-3-2;;. The fourth-order valence-electron chi connectivity index (χ4n) is 0. The SMILES string of the molecule is O=S=O.[O]=[Pb]. The molecule has 0 aliphatic rings. The summed E-state index contributed by atoms with van der Waals surface area (Å²) in [7, 11) is 0. The second kappa shape index (κ2) is 24.0. The van der Waals surface area contributed by atoms with Crippen molar-refractivity contribution in [1.82, 2.24) is 0 Å². The van der Waals surface area contributed by atoms with Gasteiger partial charge in [0, 0.05) is 0 Å². The second-order valence-corrected chi connectivity index (χ2v) is 0.204. The first-order valence-corrected chi connectivity index (χ1v) is 2.79. The molecule has 0 rings (SSSR count). The molecule has 5 heavy (non-hydrogen) atoms. The van der Waals surface area contributed by atoms with Gasteiger partial charge in [-0.25, -0.2) is 0 Å². The Morgan fingerprint density at radius 2 is 1.20 bits per heavy atom. The minimum atomic E-state index is -0.750. The third-order valence-corrected chi connectivity index (χ3v) is 0. The zero-order valence-electron chi connectivity index (χ0n) is 2.13. The van der Waals surface area contributed by atoms with Crippen LogP contribution in [-0.4, -0.2) is 34.2 Å². The van der Waals surface area contributed by atoms with Crippen LogP contribution >= 0.6 is 0 Å². The quantitative estimate of drug-likeness (QED) is 0.528. The summed E-state index contributed by atoms with van der Waals surface area (Å²) in [6.07, 6.45) is 0. The van der Waals surface area contributed by atoms with Gasteiger partial charge in [-0.1, -0.05) is 0 Å². The Morgan fingerprint density at radius 1 is 1.20 bits per heavy atom. The Morgan fingerprint density at radius 3 is 1.20 bits per heavy atom. The molecule has 0 saturated carbocycles. The molecule has 0 spiro atoms. The third kappa shape index (κ3) is 99.9. The van der Waals surface area contributed by atoms with E-state index >= 15 is 0 Å². The molecule has 0 saturated heterocycles. The van der Waals surface area contributed by atoms with Crippen molar-refractivity contribution < 1.29 is 11.1 Å². The van der Waals surface area contributed by atoms with Gasteiger partial charge in [-0.3, -0.25) is 0 Å². The molecular formula is O3PbS. The van der Waals surface area contributed by atoms with Gasteiger partial charge in [0.15, 0.2) is 0 Å². The molecule has 0 aromatic carbocycles. The Balaban J connectivity index is 0. The first-order valence-electron chi connectivity index (χ1n) is 0.537. The van der Waals surface area contributed by atoms with Gasteiger partial charge in [-0.15, -0.1) is 0 Å². The molecule has 0 fully saturated rings. The molecule has 0 aromatic rings. The van der Waals surface area contributed by atoms with Crippen LogP contribution in [0.25, 0.3) is 0 Å². The van der Waals surface area contributed by atoms with E-state index in [1.807, 2.05) is 0 Å². The van der Waals surface area contributed by atoms with Crippen LogP contribution in [0.3, 0.4) is 0 Å². The first kappa shape index (κ1) is 9.11. The molecule has 0 N–H and O–H groups in total. The zero-order valence-corrected chi connectivity index (χ0v) is 6.84. The van der Waals surface area contributed by atoms with Gasteiger partial charge in [-0.2, -0.15) is 8.42 Å². The number of hydrogen-bond acceptors (Lipinski definition) is 3. The molecule has 0 bridgehead atoms. The molecule has 0 unspecified atom stereocenters. The molecule has 0 amide bonds. The van der Waals surface area contributed by atoms with Gasteiger partial charge in [0.1, 0.15) is 0 Å². The summed E-state index contributed by atoms with van der Waals surface area (Å²) in [6.45, 7) is 0. The van der Waals surface area contributed by atoms with E-state index in [9.17, 15) is 0 Å². The molecule has 0 aliphatic heterocycles. The Hall–Kier alpha value is 0.542. The van der Waals surface area contributed by atoms with E-state index in [0.29, 0.717) is 0 Å². The van der Waals surface area contributed by atoms with Gasteiger partial charge in [0.25, 0.3) is 0 Å². The van der Waals surface area contributed by atoms with Crippen molar-refractivity contribution in [1.29, 1.82) is 0 Å².